The summed E-state index contributed by atoms with van der Waals surface area (Å²) in [5.41, 5.74) is 2.10. The molecule has 3 heteroatoms. The van der Waals surface area contributed by atoms with Crippen molar-refractivity contribution in [3.8, 4) is 0 Å². The van der Waals surface area contributed by atoms with Gasteiger partial charge in [0.2, 0.25) is 0 Å². The summed E-state index contributed by atoms with van der Waals surface area (Å²) in [6, 6.07) is 6.07. The zero-order valence-corrected chi connectivity index (χ0v) is 10.2. The van der Waals surface area contributed by atoms with Crippen LogP contribution in [-0.2, 0) is 0 Å². The van der Waals surface area contributed by atoms with Gasteiger partial charge in [-0.05, 0) is 24.6 Å². The Bertz CT molecular complexity index is 487. The third-order valence-electron chi connectivity index (χ3n) is 2.45. The van der Waals surface area contributed by atoms with Gasteiger partial charge in [-0.3, -0.25) is 0 Å². The second-order valence-corrected chi connectivity index (χ2v) is 4.62. The molecule has 0 bridgehead atoms. The van der Waals surface area contributed by atoms with Crippen LogP contribution in [0.4, 0.5) is 0 Å². The maximum atomic E-state index is 4.55. The van der Waals surface area contributed by atoms with Gasteiger partial charge >= 0.3 is 0 Å². The zero-order valence-electron chi connectivity index (χ0n) is 8.63. The van der Waals surface area contributed by atoms with Crippen LogP contribution in [-0.4, -0.2) is 9.97 Å². The summed E-state index contributed by atoms with van der Waals surface area (Å²) in [7, 11) is 0. The lowest BCUT2D eigenvalue weighted by molar-refractivity contribution is 0.731. The van der Waals surface area contributed by atoms with Crippen LogP contribution < -0.4 is 0 Å². The van der Waals surface area contributed by atoms with E-state index in [1.165, 1.54) is 0 Å². The fourth-order valence-corrected chi connectivity index (χ4v) is 1.96. The first kappa shape index (κ1) is 10.4. The third kappa shape index (κ3) is 2.12. The number of H-pyrrole nitrogens is 1. The molecule has 0 aliphatic heterocycles. The van der Waals surface area contributed by atoms with Gasteiger partial charge in [0.05, 0.1) is 11.0 Å². The molecule has 1 atom stereocenters. The molecule has 1 aromatic heterocycles. The van der Waals surface area contributed by atoms with Crippen LogP contribution in [0, 0.1) is 0 Å². The molecule has 0 saturated heterocycles. The SMILES string of the molecule is C=CCC(C)c1nc2ccc(Br)cc2[nH]1. The van der Waals surface area contributed by atoms with E-state index < -0.39 is 0 Å². The molecule has 2 rings (SSSR count). The molecule has 78 valence electrons. The lowest BCUT2D eigenvalue weighted by Gasteiger charge is -2.02. The number of allylic oxidation sites excluding steroid dienone is 1. The Balaban J connectivity index is 2.42. The number of imidazole rings is 1. The van der Waals surface area contributed by atoms with E-state index >= 15 is 0 Å². The van der Waals surface area contributed by atoms with Crippen molar-refractivity contribution in [3.05, 3.63) is 41.2 Å². The predicted octanol–water partition coefficient (Wildman–Crippen LogP) is 4.01. The van der Waals surface area contributed by atoms with E-state index in [9.17, 15) is 0 Å². The Labute approximate surface area is 97.5 Å². The molecule has 0 radical (unpaired) electrons. The molecule has 0 amide bonds. The highest BCUT2D eigenvalue weighted by Crippen LogP contribution is 2.22. The molecule has 1 N–H and O–H groups in total. The minimum Gasteiger partial charge on any atom is -0.342 e. The van der Waals surface area contributed by atoms with Gasteiger partial charge in [-0.15, -0.1) is 6.58 Å². The third-order valence-corrected chi connectivity index (χ3v) is 2.94. The largest absolute Gasteiger partial charge is 0.342 e. The molecule has 2 aromatic rings. The minimum absolute atomic E-state index is 0.397. The Hall–Kier alpha value is -1.09. The molecule has 15 heavy (non-hydrogen) atoms. The van der Waals surface area contributed by atoms with E-state index in [-0.39, 0.29) is 0 Å². The number of rotatable bonds is 3. The van der Waals surface area contributed by atoms with Crippen LogP contribution in [0.25, 0.3) is 11.0 Å². The van der Waals surface area contributed by atoms with Crippen molar-refractivity contribution >= 4 is 27.0 Å². The topological polar surface area (TPSA) is 28.7 Å². The van der Waals surface area contributed by atoms with Crippen molar-refractivity contribution in [2.45, 2.75) is 19.3 Å². The van der Waals surface area contributed by atoms with Crippen molar-refractivity contribution in [1.82, 2.24) is 9.97 Å². The molecule has 0 aliphatic carbocycles. The number of nitrogens with zero attached hydrogens (tertiary/aromatic N) is 1. The molecule has 2 nitrogen and oxygen atoms in total. The first-order chi connectivity index (χ1) is 7.20. The van der Waals surface area contributed by atoms with Crippen molar-refractivity contribution in [2.75, 3.05) is 0 Å². The standard InChI is InChI=1S/C12H13BrN2/c1-3-4-8(2)12-14-10-6-5-9(13)7-11(10)15-12/h3,5-8H,1,4H2,2H3,(H,14,15). The smallest absolute Gasteiger partial charge is 0.110 e. The maximum absolute atomic E-state index is 4.55. The van der Waals surface area contributed by atoms with Gasteiger partial charge in [-0.25, -0.2) is 4.98 Å². The van der Waals surface area contributed by atoms with Crippen LogP contribution in [0.15, 0.2) is 35.3 Å². The van der Waals surface area contributed by atoms with E-state index in [0.29, 0.717) is 5.92 Å². The molecular formula is C12H13BrN2. The van der Waals surface area contributed by atoms with Gasteiger partial charge in [-0.2, -0.15) is 0 Å². The predicted molar refractivity (Wildman–Crippen MR) is 67.0 cm³/mol. The fourth-order valence-electron chi connectivity index (χ4n) is 1.60. The second kappa shape index (κ2) is 4.19. The van der Waals surface area contributed by atoms with Crippen molar-refractivity contribution in [1.29, 1.82) is 0 Å². The quantitative estimate of drug-likeness (QED) is 0.835. The molecule has 0 fully saturated rings. The van der Waals surface area contributed by atoms with E-state index in [1.54, 1.807) is 0 Å². The number of nitrogens with one attached hydrogen (secondary N) is 1. The summed E-state index contributed by atoms with van der Waals surface area (Å²) in [5.74, 6) is 1.43. The van der Waals surface area contributed by atoms with Crippen LogP contribution in [0.2, 0.25) is 0 Å². The van der Waals surface area contributed by atoms with Crippen molar-refractivity contribution in [3.63, 3.8) is 0 Å². The summed E-state index contributed by atoms with van der Waals surface area (Å²) < 4.78 is 1.07. The summed E-state index contributed by atoms with van der Waals surface area (Å²) in [5, 5.41) is 0. The summed E-state index contributed by atoms with van der Waals surface area (Å²) in [6.45, 7) is 5.89. The van der Waals surface area contributed by atoms with Crippen LogP contribution in [0.1, 0.15) is 25.1 Å². The normalized spacial score (nSPS) is 12.9. The Morgan fingerprint density at radius 1 is 1.60 bits per heavy atom. The zero-order chi connectivity index (χ0) is 10.8. The second-order valence-electron chi connectivity index (χ2n) is 3.71. The summed E-state index contributed by atoms with van der Waals surface area (Å²) in [6.07, 6.45) is 2.87. The molecular weight excluding hydrogens is 252 g/mol. The first-order valence-electron chi connectivity index (χ1n) is 4.96. The summed E-state index contributed by atoms with van der Waals surface area (Å²) >= 11 is 3.45. The van der Waals surface area contributed by atoms with Crippen LogP contribution in [0.3, 0.4) is 0 Å². The average Bonchev–Trinajstić information content (AvgIpc) is 2.60. The van der Waals surface area contributed by atoms with Gasteiger partial charge in [-0.1, -0.05) is 28.9 Å². The number of halogens is 1. The minimum atomic E-state index is 0.397. The molecule has 0 spiro atoms. The Kier molecular flexibility index (Phi) is 2.91. The van der Waals surface area contributed by atoms with Gasteiger partial charge in [0.15, 0.2) is 0 Å². The number of aromatic nitrogens is 2. The van der Waals surface area contributed by atoms with E-state index in [0.717, 1.165) is 27.8 Å². The fraction of sp³-hybridized carbons (Fsp3) is 0.250. The molecule has 1 unspecified atom stereocenters. The van der Waals surface area contributed by atoms with Gasteiger partial charge in [0, 0.05) is 10.4 Å². The number of hydrogen-bond acceptors (Lipinski definition) is 1. The monoisotopic (exact) mass is 264 g/mol. The number of hydrogen-bond donors (Lipinski definition) is 1. The number of benzene rings is 1. The highest BCUT2D eigenvalue weighted by atomic mass is 79.9. The van der Waals surface area contributed by atoms with Crippen molar-refractivity contribution < 1.29 is 0 Å². The number of aromatic amines is 1. The maximum Gasteiger partial charge on any atom is 0.110 e. The first-order valence-corrected chi connectivity index (χ1v) is 5.76. The van der Waals surface area contributed by atoms with Gasteiger partial charge < -0.3 is 4.98 Å². The lowest BCUT2D eigenvalue weighted by atomic mass is 10.1. The summed E-state index contributed by atoms with van der Waals surface area (Å²) in [4.78, 5) is 7.88. The van der Waals surface area contributed by atoms with Crippen molar-refractivity contribution in [2.24, 2.45) is 0 Å². The Morgan fingerprint density at radius 3 is 3.13 bits per heavy atom. The molecule has 0 aliphatic rings. The lowest BCUT2D eigenvalue weighted by Crippen LogP contribution is -1.93. The Morgan fingerprint density at radius 2 is 2.40 bits per heavy atom. The molecule has 1 aromatic carbocycles. The highest BCUT2D eigenvalue weighted by Gasteiger charge is 2.09. The van der Waals surface area contributed by atoms with Gasteiger partial charge in [0.1, 0.15) is 5.82 Å². The highest BCUT2D eigenvalue weighted by molar-refractivity contribution is 9.10. The van der Waals surface area contributed by atoms with E-state index in [2.05, 4.69) is 39.4 Å². The van der Waals surface area contributed by atoms with E-state index in [1.807, 2.05) is 24.3 Å². The van der Waals surface area contributed by atoms with Crippen LogP contribution in [0.5, 0.6) is 0 Å². The molecule has 1 heterocycles. The van der Waals surface area contributed by atoms with E-state index in [4.69, 9.17) is 0 Å². The van der Waals surface area contributed by atoms with Gasteiger partial charge in [0.25, 0.3) is 0 Å². The van der Waals surface area contributed by atoms with Crippen LogP contribution >= 0.6 is 15.9 Å². The molecule has 0 saturated carbocycles. The number of fused-ring (bicyclic) bond motifs is 1. The average molecular weight is 265 g/mol.